The minimum Gasteiger partial charge on any atom is -0.494 e. The van der Waals surface area contributed by atoms with Crippen molar-refractivity contribution in [3.05, 3.63) is 54.6 Å². The number of hydrogen-bond acceptors (Lipinski definition) is 7. The van der Waals surface area contributed by atoms with Crippen LogP contribution in [-0.4, -0.2) is 65.3 Å². The second-order valence-corrected chi connectivity index (χ2v) is 8.82. The van der Waals surface area contributed by atoms with Crippen LogP contribution in [0.3, 0.4) is 0 Å². The molecule has 0 radical (unpaired) electrons. The fourth-order valence-corrected chi connectivity index (χ4v) is 4.82. The molecule has 1 aliphatic rings. The summed E-state index contributed by atoms with van der Waals surface area (Å²) in [5.41, 5.74) is 0. The van der Waals surface area contributed by atoms with E-state index < -0.39 is 10.0 Å². The van der Waals surface area contributed by atoms with Gasteiger partial charge in [-0.05, 0) is 44.2 Å². The number of benzene rings is 1. The predicted octanol–water partition coefficient (Wildman–Crippen LogP) is 1.88. The first-order chi connectivity index (χ1) is 14.5. The minimum atomic E-state index is -3.55. The van der Waals surface area contributed by atoms with Gasteiger partial charge in [0.1, 0.15) is 17.4 Å². The van der Waals surface area contributed by atoms with Gasteiger partial charge >= 0.3 is 0 Å². The maximum Gasteiger partial charge on any atom is 0.243 e. The van der Waals surface area contributed by atoms with Gasteiger partial charge < -0.3 is 9.64 Å². The Labute approximate surface area is 176 Å². The molecule has 30 heavy (non-hydrogen) atoms. The molecule has 0 amide bonds. The first-order valence-corrected chi connectivity index (χ1v) is 11.2. The molecule has 0 unspecified atom stereocenters. The van der Waals surface area contributed by atoms with Gasteiger partial charge in [0.2, 0.25) is 10.0 Å². The quantitative estimate of drug-likeness (QED) is 0.592. The van der Waals surface area contributed by atoms with Crippen molar-refractivity contribution in [2.45, 2.75) is 18.7 Å². The van der Waals surface area contributed by atoms with Crippen LogP contribution in [0, 0.1) is 6.92 Å². The van der Waals surface area contributed by atoms with E-state index in [1.165, 1.54) is 4.31 Å². The fraction of sp³-hybridized carbons (Fsp3) is 0.350. The van der Waals surface area contributed by atoms with Crippen molar-refractivity contribution in [1.82, 2.24) is 24.1 Å². The number of aryl methyl sites for hydroxylation is 1. The Balaban J connectivity index is 1.47. The summed E-state index contributed by atoms with van der Waals surface area (Å²) in [4.78, 5) is 11.3. The van der Waals surface area contributed by atoms with E-state index in [-0.39, 0.29) is 4.90 Å². The van der Waals surface area contributed by atoms with E-state index in [2.05, 4.69) is 20.0 Å². The summed E-state index contributed by atoms with van der Waals surface area (Å²) in [6, 6.07) is 10.3. The molecule has 0 N–H and O–H groups in total. The maximum atomic E-state index is 13.0. The topological polar surface area (TPSA) is 93.5 Å². The zero-order valence-corrected chi connectivity index (χ0v) is 17.8. The van der Waals surface area contributed by atoms with Gasteiger partial charge in [0, 0.05) is 44.6 Å². The Kier molecular flexibility index (Phi) is 5.69. The van der Waals surface area contributed by atoms with Crippen molar-refractivity contribution in [3.8, 4) is 11.6 Å². The van der Waals surface area contributed by atoms with Gasteiger partial charge in [-0.15, -0.1) is 0 Å². The van der Waals surface area contributed by atoms with Gasteiger partial charge in [-0.2, -0.15) is 9.40 Å². The highest BCUT2D eigenvalue weighted by atomic mass is 32.2. The van der Waals surface area contributed by atoms with Crippen molar-refractivity contribution >= 4 is 15.8 Å². The van der Waals surface area contributed by atoms with E-state index in [9.17, 15) is 8.42 Å². The fourth-order valence-electron chi connectivity index (χ4n) is 3.40. The molecule has 1 aromatic carbocycles. The molecular weight excluding hydrogens is 404 g/mol. The number of rotatable bonds is 6. The Hall–Kier alpha value is -2.98. The van der Waals surface area contributed by atoms with E-state index in [0.29, 0.717) is 50.2 Å². The monoisotopic (exact) mass is 428 g/mol. The average Bonchev–Trinajstić information content (AvgIpc) is 3.29. The number of sulfonamides is 1. The standard InChI is InChI=1S/C20H24N6O3S/c1-3-29-17-5-7-18(8-6-17)30(27,28)25-13-11-24(12-14-25)19-15-20(23-16(2)22-19)26-10-4-9-21-26/h4-10,15H,3,11-14H2,1-2H3. The molecular formula is C20H24N6O3S. The lowest BCUT2D eigenvalue weighted by Gasteiger charge is -2.34. The summed E-state index contributed by atoms with van der Waals surface area (Å²) in [6.07, 6.45) is 3.52. The highest BCUT2D eigenvalue weighted by Crippen LogP contribution is 2.23. The van der Waals surface area contributed by atoms with Crippen LogP contribution in [-0.2, 0) is 10.0 Å². The Morgan fingerprint density at radius 3 is 2.37 bits per heavy atom. The SMILES string of the molecule is CCOc1ccc(S(=O)(=O)N2CCN(c3cc(-n4cccn4)nc(C)n3)CC2)cc1. The van der Waals surface area contributed by atoms with Gasteiger partial charge in [-0.1, -0.05) is 0 Å². The molecule has 9 nitrogen and oxygen atoms in total. The number of hydrogen-bond donors (Lipinski definition) is 0. The molecule has 0 aliphatic carbocycles. The van der Waals surface area contributed by atoms with E-state index in [1.54, 1.807) is 35.1 Å². The molecule has 2 aromatic heterocycles. The summed E-state index contributed by atoms with van der Waals surface area (Å²) >= 11 is 0. The molecule has 3 heterocycles. The van der Waals surface area contributed by atoms with Crippen LogP contribution in [0.5, 0.6) is 5.75 Å². The molecule has 0 bridgehead atoms. The third-order valence-corrected chi connectivity index (χ3v) is 6.80. The highest BCUT2D eigenvalue weighted by Gasteiger charge is 2.29. The van der Waals surface area contributed by atoms with Crippen LogP contribution in [0.1, 0.15) is 12.7 Å². The van der Waals surface area contributed by atoms with Crippen LogP contribution in [0.15, 0.2) is 53.7 Å². The molecule has 3 aromatic rings. The number of ether oxygens (including phenoxy) is 1. The third-order valence-electron chi connectivity index (χ3n) is 4.89. The van der Waals surface area contributed by atoms with Crippen LogP contribution in [0.25, 0.3) is 5.82 Å². The lowest BCUT2D eigenvalue weighted by Crippen LogP contribution is -2.49. The largest absolute Gasteiger partial charge is 0.494 e. The molecule has 4 rings (SSSR count). The molecule has 0 atom stereocenters. The van der Waals surface area contributed by atoms with E-state index in [4.69, 9.17) is 4.74 Å². The summed E-state index contributed by atoms with van der Waals surface area (Å²) in [5, 5.41) is 4.22. The summed E-state index contributed by atoms with van der Waals surface area (Å²) in [5.74, 6) is 2.76. The van der Waals surface area contributed by atoms with Crippen molar-refractivity contribution < 1.29 is 13.2 Å². The van der Waals surface area contributed by atoms with Crippen LogP contribution >= 0.6 is 0 Å². The van der Waals surface area contributed by atoms with Crippen LogP contribution in [0.2, 0.25) is 0 Å². The zero-order valence-electron chi connectivity index (χ0n) is 17.0. The van der Waals surface area contributed by atoms with Crippen molar-refractivity contribution in [2.24, 2.45) is 0 Å². The third kappa shape index (κ3) is 4.14. The van der Waals surface area contributed by atoms with Gasteiger partial charge in [0.25, 0.3) is 0 Å². The predicted molar refractivity (Wildman–Crippen MR) is 112 cm³/mol. The van der Waals surface area contributed by atoms with Crippen LogP contribution < -0.4 is 9.64 Å². The lowest BCUT2D eigenvalue weighted by molar-refractivity contribution is 0.340. The minimum absolute atomic E-state index is 0.276. The summed E-state index contributed by atoms with van der Waals surface area (Å²) < 4.78 is 34.6. The number of aromatic nitrogens is 4. The molecule has 158 valence electrons. The van der Waals surface area contributed by atoms with E-state index >= 15 is 0 Å². The molecule has 1 aliphatic heterocycles. The normalized spacial score (nSPS) is 15.3. The summed E-state index contributed by atoms with van der Waals surface area (Å²) in [7, 11) is -3.55. The van der Waals surface area contributed by atoms with Gasteiger partial charge in [0.05, 0.1) is 11.5 Å². The summed E-state index contributed by atoms with van der Waals surface area (Å²) in [6.45, 7) is 6.13. The Morgan fingerprint density at radius 2 is 1.73 bits per heavy atom. The maximum absolute atomic E-state index is 13.0. The number of nitrogens with zero attached hydrogens (tertiary/aromatic N) is 6. The van der Waals surface area contributed by atoms with Gasteiger partial charge in [0.15, 0.2) is 5.82 Å². The second kappa shape index (κ2) is 8.41. The molecule has 10 heteroatoms. The smallest absolute Gasteiger partial charge is 0.243 e. The van der Waals surface area contributed by atoms with Gasteiger partial charge in [-0.3, -0.25) is 0 Å². The first-order valence-electron chi connectivity index (χ1n) is 9.81. The van der Waals surface area contributed by atoms with Gasteiger partial charge in [-0.25, -0.2) is 23.1 Å². The Morgan fingerprint density at radius 1 is 1.03 bits per heavy atom. The molecule has 0 spiro atoms. The molecule has 1 fully saturated rings. The van der Waals surface area contributed by atoms with Crippen molar-refractivity contribution in [1.29, 1.82) is 0 Å². The lowest BCUT2D eigenvalue weighted by atomic mass is 10.3. The Bertz CT molecular complexity index is 1090. The molecule has 0 saturated carbocycles. The number of piperazine rings is 1. The molecule has 1 saturated heterocycles. The zero-order chi connectivity index (χ0) is 21.1. The first kappa shape index (κ1) is 20.3. The average molecular weight is 429 g/mol. The van der Waals surface area contributed by atoms with Crippen molar-refractivity contribution in [3.63, 3.8) is 0 Å². The number of anilines is 1. The van der Waals surface area contributed by atoms with Crippen molar-refractivity contribution in [2.75, 3.05) is 37.7 Å². The highest BCUT2D eigenvalue weighted by molar-refractivity contribution is 7.89. The van der Waals surface area contributed by atoms with E-state index in [1.807, 2.05) is 32.2 Å². The second-order valence-electron chi connectivity index (χ2n) is 6.88. The van der Waals surface area contributed by atoms with E-state index in [0.717, 1.165) is 5.82 Å². The van der Waals surface area contributed by atoms with Crippen LogP contribution in [0.4, 0.5) is 5.82 Å².